The van der Waals surface area contributed by atoms with Crippen molar-refractivity contribution in [2.24, 2.45) is 0 Å². The number of morpholine rings is 1. The van der Waals surface area contributed by atoms with E-state index in [1.165, 1.54) is 11.3 Å². The Kier molecular flexibility index (Phi) is 7.61. The number of amides is 1. The van der Waals surface area contributed by atoms with E-state index in [4.69, 9.17) is 9.47 Å². The molecule has 0 bridgehead atoms. The van der Waals surface area contributed by atoms with Crippen LogP contribution in [0.4, 0.5) is 0 Å². The predicted octanol–water partition coefficient (Wildman–Crippen LogP) is 1.39. The fraction of sp³-hybridized carbons (Fsp3) is 0.688. The molecule has 1 amide bonds. The molecule has 2 heterocycles. The van der Waals surface area contributed by atoms with Gasteiger partial charge in [0.15, 0.2) is 0 Å². The number of ether oxygens (including phenoxy) is 2. The van der Waals surface area contributed by atoms with E-state index in [1.807, 2.05) is 6.92 Å². The van der Waals surface area contributed by atoms with E-state index in [2.05, 4.69) is 9.88 Å². The molecule has 0 aromatic carbocycles. The number of carbonyl (C=O) groups is 2. The number of nitrogens with zero attached hydrogens (tertiary/aromatic N) is 3. The van der Waals surface area contributed by atoms with E-state index in [0.717, 1.165) is 37.9 Å². The summed E-state index contributed by atoms with van der Waals surface area (Å²) in [7, 11) is 0. The SMILES string of the molecule is CCOC(=O)CCN(CC)C(=O)c1csc(CN2CCOCC2)n1. The van der Waals surface area contributed by atoms with E-state index >= 15 is 0 Å². The van der Waals surface area contributed by atoms with Gasteiger partial charge >= 0.3 is 5.97 Å². The van der Waals surface area contributed by atoms with E-state index in [1.54, 1.807) is 17.2 Å². The molecule has 0 atom stereocenters. The molecule has 0 N–H and O–H groups in total. The predicted molar refractivity (Wildman–Crippen MR) is 91.0 cm³/mol. The molecule has 1 fully saturated rings. The van der Waals surface area contributed by atoms with Gasteiger partial charge in [-0.3, -0.25) is 14.5 Å². The van der Waals surface area contributed by atoms with Gasteiger partial charge < -0.3 is 14.4 Å². The molecule has 0 radical (unpaired) electrons. The smallest absolute Gasteiger partial charge is 0.307 e. The molecule has 1 aliphatic rings. The summed E-state index contributed by atoms with van der Waals surface area (Å²) in [4.78, 5) is 32.4. The molecule has 1 saturated heterocycles. The van der Waals surface area contributed by atoms with E-state index in [-0.39, 0.29) is 18.3 Å². The van der Waals surface area contributed by atoms with Crippen LogP contribution in [0.2, 0.25) is 0 Å². The van der Waals surface area contributed by atoms with Crippen LogP contribution < -0.4 is 0 Å². The highest BCUT2D eigenvalue weighted by Gasteiger charge is 2.20. The minimum absolute atomic E-state index is 0.133. The van der Waals surface area contributed by atoms with Gasteiger partial charge in [-0.2, -0.15) is 0 Å². The lowest BCUT2D eigenvalue weighted by molar-refractivity contribution is -0.143. The van der Waals surface area contributed by atoms with Crippen molar-refractivity contribution in [2.75, 3.05) is 46.0 Å². The maximum absolute atomic E-state index is 12.5. The summed E-state index contributed by atoms with van der Waals surface area (Å²) >= 11 is 1.50. The second kappa shape index (κ2) is 9.71. The number of esters is 1. The summed E-state index contributed by atoms with van der Waals surface area (Å²) in [6.45, 7) is 8.93. The average molecular weight is 355 g/mol. The first-order valence-corrected chi connectivity index (χ1v) is 9.21. The summed E-state index contributed by atoms with van der Waals surface area (Å²) < 4.78 is 10.2. The Morgan fingerprint density at radius 3 is 2.79 bits per heavy atom. The standard InChI is InChI=1S/C16H25N3O4S/c1-3-19(6-5-15(20)23-4-2)16(21)13-12-24-14(17-13)11-18-7-9-22-10-8-18/h12H,3-11H2,1-2H3. The summed E-state index contributed by atoms with van der Waals surface area (Å²) in [5.41, 5.74) is 0.453. The van der Waals surface area contributed by atoms with Crippen LogP contribution in [0.1, 0.15) is 35.8 Å². The summed E-state index contributed by atoms with van der Waals surface area (Å²) in [5.74, 6) is -0.415. The van der Waals surface area contributed by atoms with Gasteiger partial charge in [0, 0.05) is 31.6 Å². The van der Waals surface area contributed by atoms with Crippen LogP contribution in [0.5, 0.6) is 0 Å². The van der Waals surface area contributed by atoms with Crippen molar-refractivity contribution in [1.82, 2.24) is 14.8 Å². The first-order valence-electron chi connectivity index (χ1n) is 8.33. The number of rotatable bonds is 8. The molecule has 8 heteroatoms. The highest BCUT2D eigenvalue weighted by Crippen LogP contribution is 2.15. The van der Waals surface area contributed by atoms with Crippen LogP contribution in [0, 0.1) is 0 Å². The molecule has 1 aliphatic heterocycles. The van der Waals surface area contributed by atoms with Gasteiger partial charge in [-0.1, -0.05) is 0 Å². The number of thiazole rings is 1. The highest BCUT2D eigenvalue weighted by atomic mass is 32.1. The molecule has 134 valence electrons. The Morgan fingerprint density at radius 2 is 2.12 bits per heavy atom. The zero-order valence-corrected chi connectivity index (χ0v) is 15.1. The largest absolute Gasteiger partial charge is 0.466 e. The lowest BCUT2D eigenvalue weighted by atomic mass is 10.3. The third kappa shape index (κ3) is 5.54. The van der Waals surface area contributed by atoms with Crippen molar-refractivity contribution in [2.45, 2.75) is 26.8 Å². The Hall–Kier alpha value is -1.51. The molecular formula is C16H25N3O4S. The Bertz CT molecular complexity index is 543. The topological polar surface area (TPSA) is 72.0 Å². The number of carbonyl (C=O) groups excluding carboxylic acids is 2. The van der Waals surface area contributed by atoms with Crippen molar-refractivity contribution in [1.29, 1.82) is 0 Å². The van der Waals surface area contributed by atoms with Gasteiger partial charge in [-0.05, 0) is 13.8 Å². The quantitative estimate of drug-likeness (QED) is 0.656. The van der Waals surface area contributed by atoms with Gasteiger partial charge in [0.05, 0.1) is 32.8 Å². The van der Waals surface area contributed by atoms with Crippen molar-refractivity contribution in [3.63, 3.8) is 0 Å². The molecule has 0 spiro atoms. The number of aromatic nitrogens is 1. The van der Waals surface area contributed by atoms with Crippen molar-refractivity contribution < 1.29 is 19.1 Å². The summed E-state index contributed by atoms with van der Waals surface area (Å²) in [5, 5.41) is 2.73. The van der Waals surface area contributed by atoms with E-state index in [0.29, 0.717) is 25.4 Å². The summed E-state index contributed by atoms with van der Waals surface area (Å²) in [6.07, 6.45) is 0.207. The van der Waals surface area contributed by atoms with Crippen molar-refractivity contribution in [3.05, 3.63) is 16.1 Å². The van der Waals surface area contributed by atoms with Crippen LogP contribution >= 0.6 is 11.3 Å². The third-order valence-corrected chi connectivity index (χ3v) is 4.63. The van der Waals surface area contributed by atoms with E-state index in [9.17, 15) is 9.59 Å². The zero-order chi connectivity index (χ0) is 17.4. The second-order valence-corrected chi connectivity index (χ2v) is 6.40. The van der Waals surface area contributed by atoms with Gasteiger partial charge in [0.2, 0.25) is 0 Å². The van der Waals surface area contributed by atoms with Crippen LogP contribution in [-0.2, 0) is 20.8 Å². The highest BCUT2D eigenvalue weighted by molar-refractivity contribution is 7.09. The fourth-order valence-electron chi connectivity index (χ4n) is 2.46. The lowest BCUT2D eigenvalue weighted by Gasteiger charge is -2.25. The van der Waals surface area contributed by atoms with Crippen LogP contribution in [0.3, 0.4) is 0 Å². The van der Waals surface area contributed by atoms with Crippen molar-refractivity contribution in [3.8, 4) is 0 Å². The van der Waals surface area contributed by atoms with Crippen LogP contribution in [-0.4, -0.2) is 72.7 Å². The fourth-order valence-corrected chi connectivity index (χ4v) is 3.27. The molecule has 0 saturated carbocycles. The van der Waals surface area contributed by atoms with Crippen molar-refractivity contribution >= 4 is 23.2 Å². The molecule has 0 unspecified atom stereocenters. The first kappa shape index (κ1) is 18.8. The van der Waals surface area contributed by atoms with Gasteiger partial charge in [0.1, 0.15) is 10.7 Å². The Labute approximate surface area is 146 Å². The monoisotopic (exact) mass is 355 g/mol. The second-order valence-electron chi connectivity index (χ2n) is 5.45. The maximum Gasteiger partial charge on any atom is 0.307 e. The molecule has 2 rings (SSSR count). The van der Waals surface area contributed by atoms with Gasteiger partial charge in [-0.15, -0.1) is 11.3 Å². The average Bonchev–Trinajstić information content (AvgIpc) is 3.05. The van der Waals surface area contributed by atoms with Gasteiger partial charge in [-0.25, -0.2) is 4.98 Å². The number of hydrogen-bond donors (Lipinski definition) is 0. The zero-order valence-electron chi connectivity index (χ0n) is 14.3. The van der Waals surface area contributed by atoms with E-state index < -0.39 is 0 Å². The lowest BCUT2D eigenvalue weighted by Crippen LogP contribution is -2.35. The summed E-state index contributed by atoms with van der Waals surface area (Å²) in [6, 6.07) is 0. The van der Waals surface area contributed by atoms with Crippen LogP contribution in [0.15, 0.2) is 5.38 Å². The Morgan fingerprint density at radius 1 is 1.38 bits per heavy atom. The van der Waals surface area contributed by atoms with Crippen LogP contribution in [0.25, 0.3) is 0 Å². The third-order valence-electron chi connectivity index (χ3n) is 3.79. The first-order chi connectivity index (χ1) is 11.6. The molecule has 24 heavy (non-hydrogen) atoms. The maximum atomic E-state index is 12.5. The number of hydrogen-bond acceptors (Lipinski definition) is 7. The van der Waals surface area contributed by atoms with Gasteiger partial charge in [0.25, 0.3) is 5.91 Å². The minimum atomic E-state index is -0.282. The molecule has 1 aromatic rings. The molecule has 1 aromatic heterocycles. The normalized spacial score (nSPS) is 15.2. The molecule has 0 aliphatic carbocycles. The molecule has 7 nitrogen and oxygen atoms in total. The molecular weight excluding hydrogens is 330 g/mol. The minimum Gasteiger partial charge on any atom is -0.466 e. The Balaban J connectivity index is 1.89.